The Morgan fingerprint density at radius 3 is 3.08 bits per heavy atom. The van der Waals surface area contributed by atoms with Crippen LogP contribution in [0.1, 0.15) is 4.88 Å². The minimum absolute atomic E-state index is 0.329. The van der Waals surface area contributed by atoms with Crippen LogP contribution in [0.2, 0.25) is 5.15 Å². The molecule has 0 aliphatic carbocycles. The highest BCUT2D eigenvalue weighted by Gasteiger charge is 2.10. The number of rotatable bonds is 3. The molecule has 0 saturated heterocycles. The predicted molar refractivity (Wildman–Crippen MR) is 58.4 cm³/mol. The summed E-state index contributed by atoms with van der Waals surface area (Å²) in [6.07, 6.45) is 0. The summed E-state index contributed by atoms with van der Waals surface area (Å²) < 4.78 is 4.63. The van der Waals surface area contributed by atoms with Crippen molar-refractivity contribution in [2.45, 2.75) is 0 Å². The lowest BCUT2D eigenvalue weighted by Crippen LogP contribution is -2.01. The average molecular weight is 279 g/mol. The summed E-state index contributed by atoms with van der Waals surface area (Å²) in [5.74, 6) is 0. The first kappa shape index (κ1) is 10.5. The molecule has 0 aliphatic rings. The Bertz CT molecular complexity index is 368. The van der Waals surface area contributed by atoms with Crippen molar-refractivity contribution in [3.63, 3.8) is 0 Å². The van der Waals surface area contributed by atoms with Gasteiger partial charge in [0, 0.05) is 11.0 Å². The summed E-state index contributed by atoms with van der Waals surface area (Å²) in [4.78, 5) is 0.485. The highest BCUT2D eigenvalue weighted by Crippen LogP contribution is 2.28. The van der Waals surface area contributed by atoms with Crippen molar-refractivity contribution in [3.05, 3.63) is 21.1 Å². The molecule has 0 atom stereocenters. The van der Waals surface area contributed by atoms with Gasteiger partial charge in [-0.3, -0.25) is 0 Å². The fraction of sp³-hybridized carbons (Fsp3) is 0.143. The molecule has 0 aliphatic heterocycles. The Hall–Kier alpha value is -0.570. The van der Waals surface area contributed by atoms with Crippen molar-refractivity contribution >= 4 is 44.8 Å². The third-order valence-electron chi connectivity index (χ3n) is 1.21. The molecule has 0 amide bonds. The number of hydrogen-bond acceptors (Lipinski definition) is 4. The van der Waals surface area contributed by atoms with Gasteiger partial charge >= 0.3 is 0 Å². The first-order chi connectivity index (χ1) is 6.15. The van der Waals surface area contributed by atoms with Crippen LogP contribution in [0.3, 0.4) is 0 Å². The maximum atomic E-state index is 8.68. The third-order valence-corrected chi connectivity index (χ3v) is 2.61. The minimum Gasteiger partial charge on any atom is -0.376 e. The van der Waals surface area contributed by atoms with Crippen LogP contribution in [0.5, 0.6) is 0 Å². The van der Waals surface area contributed by atoms with Crippen LogP contribution in [0.25, 0.3) is 0 Å². The van der Waals surface area contributed by atoms with E-state index in [4.69, 9.17) is 16.9 Å². The average Bonchev–Trinajstić information content (AvgIpc) is 2.43. The molecule has 1 rings (SSSR count). The third kappa shape index (κ3) is 2.69. The van der Waals surface area contributed by atoms with Crippen molar-refractivity contribution in [3.8, 4) is 6.07 Å². The summed E-state index contributed by atoms with van der Waals surface area (Å²) >= 11 is 10.0. The summed E-state index contributed by atoms with van der Waals surface area (Å²) in [6, 6.07) is 2.00. The fourth-order valence-corrected chi connectivity index (χ4v) is 1.71. The number of nitrogens with zero attached hydrogens (tertiary/aromatic N) is 2. The zero-order chi connectivity index (χ0) is 9.84. The molecule has 13 heavy (non-hydrogen) atoms. The van der Waals surface area contributed by atoms with Gasteiger partial charge in [0.15, 0.2) is 5.15 Å². The van der Waals surface area contributed by atoms with Crippen LogP contribution in [-0.2, 0) is 0 Å². The normalized spacial score (nSPS) is 9.31. The molecule has 1 aromatic heterocycles. The number of hydrogen-bond donors (Lipinski definition) is 1. The lowest BCUT2D eigenvalue weighted by Gasteiger charge is -2.01. The monoisotopic (exact) mass is 277 g/mol. The van der Waals surface area contributed by atoms with Gasteiger partial charge < -0.3 is 5.32 Å². The lowest BCUT2D eigenvalue weighted by molar-refractivity contribution is 1.32. The van der Waals surface area contributed by atoms with Crippen LogP contribution in [0, 0.1) is 11.3 Å². The van der Waals surface area contributed by atoms with E-state index in [-0.39, 0.29) is 0 Å². The zero-order valence-corrected chi connectivity index (χ0v) is 9.63. The van der Waals surface area contributed by atoms with Crippen LogP contribution in [0.4, 0.5) is 5.69 Å². The fourth-order valence-electron chi connectivity index (χ4n) is 0.685. The van der Waals surface area contributed by atoms with Crippen molar-refractivity contribution in [2.75, 3.05) is 11.9 Å². The number of nitrogens with one attached hydrogen (secondary N) is 1. The zero-order valence-electron chi connectivity index (χ0n) is 6.47. The van der Waals surface area contributed by atoms with E-state index in [9.17, 15) is 0 Å². The van der Waals surface area contributed by atoms with E-state index in [1.165, 1.54) is 0 Å². The van der Waals surface area contributed by atoms with Gasteiger partial charge in [0.25, 0.3) is 0 Å². The SMILES string of the molecule is C=C(Br)CNc1c(Cl)nsc1C#N. The standard InChI is InChI=1S/C7H5BrClN3S/c1-4(8)3-11-6-5(2-10)13-12-7(6)9/h11H,1,3H2. The Morgan fingerprint density at radius 1 is 1.85 bits per heavy atom. The second-order valence-electron chi connectivity index (χ2n) is 2.16. The van der Waals surface area contributed by atoms with Gasteiger partial charge in [-0.05, 0) is 11.5 Å². The highest BCUT2D eigenvalue weighted by molar-refractivity contribution is 9.11. The molecule has 1 heterocycles. The molecule has 0 saturated carbocycles. The molecule has 68 valence electrons. The van der Waals surface area contributed by atoms with E-state index >= 15 is 0 Å². The Labute approximate surface area is 93.3 Å². The molecule has 0 radical (unpaired) electrons. The van der Waals surface area contributed by atoms with E-state index in [2.05, 4.69) is 32.2 Å². The number of nitriles is 1. The van der Waals surface area contributed by atoms with Crippen LogP contribution < -0.4 is 5.32 Å². The van der Waals surface area contributed by atoms with Gasteiger partial charge in [-0.2, -0.15) is 9.64 Å². The summed E-state index contributed by atoms with van der Waals surface area (Å²) in [5.41, 5.74) is 0.578. The van der Waals surface area contributed by atoms with Gasteiger partial charge in [-0.1, -0.05) is 34.1 Å². The number of aromatic nitrogens is 1. The molecule has 3 nitrogen and oxygen atoms in total. The molecule has 0 unspecified atom stereocenters. The topological polar surface area (TPSA) is 48.7 Å². The predicted octanol–water partition coefficient (Wildman–Crippen LogP) is 2.99. The van der Waals surface area contributed by atoms with Gasteiger partial charge in [0.05, 0.1) is 0 Å². The molecular weight excluding hydrogens is 274 g/mol. The van der Waals surface area contributed by atoms with Crippen molar-refractivity contribution < 1.29 is 0 Å². The molecule has 0 spiro atoms. The maximum Gasteiger partial charge on any atom is 0.167 e. The van der Waals surface area contributed by atoms with Gasteiger partial charge in [0.2, 0.25) is 0 Å². The van der Waals surface area contributed by atoms with Gasteiger partial charge in [-0.15, -0.1) is 0 Å². The Balaban J connectivity index is 2.81. The van der Waals surface area contributed by atoms with Gasteiger partial charge in [-0.25, -0.2) is 0 Å². The second kappa shape index (κ2) is 4.61. The summed E-state index contributed by atoms with van der Waals surface area (Å²) in [5, 5.41) is 12.0. The molecule has 0 fully saturated rings. The largest absolute Gasteiger partial charge is 0.376 e. The molecule has 1 N–H and O–H groups in total. The van der Waals surface area contributed by atoms with Gasteiger partial charge in [0.1, 0.15) is 16.6 Å². The van der Waals surface area contributed by atoms with E-state index < -0.39 is 0 Å². The van der Waals surface area contributed by atoms with E-state index in [1.54, 1.807) is 0 Å². The van der Waals surface area contributed by atoms with E-state index in [0.717, 1.165) is 16.0 Å². The van der Waals surface area contributed by atoms with Crippen LogP contribution in [0.15, 0.2) is 11.1 Å². The van der Waals surface area contributed by atoms with Crippen LogP contribution in [-0.4, -0.2) is 10.9 Å². The molecule has 6 heteroatoms. The maximum absolute atomic E-state index is 8.68. The first-order valence-corrected chi connectivity index (χ1v) is 5.22. The minimum atomic E-state index is 0.329. The molecule has 0 bridgehead atoms. The van der Waals surface area contributed by atoms with E-state index in [1.807, 2.05) is 6.07 Å². The lowest BCUT2D eigenvalue weighted by atomic mass is 10.4. The first-order valence-electron chi connectivity index (χ1n) is 3.27. The molecule has 1 aromatic rings. The van der Waals surface area contributed by atoms with E-state index in [0.29, 0.717) is 22.3 Å². The van der Waals surface area contributed by atoms with Crippen molar-refractivity contribution in [2.24, 2.45) is 0 Å². The molecule has 0 aromatic carbocycles. The van der Waals surface area contributed by atoms with Crippen LogP contribution >= 0.6 is 39.1 Å². The summed E-state index contributed by atoms with van der Waals surface area (Å²) in [7, 11) is 0. The smallest absolute Gasteiger partial charge is 0.167 e. The quantitative estimate of drug-likeness (QED) is 0.924. The summed E-state index contributed by atoms with van der Waals surface area (Å²) in [6.45, 7) is 4.17. The Morgan fingerprint density at radius 2 is 2.54 bits per heavy atom. The highest BCUT2D eigenvalue weighted by atomic mass is 79.9. The van der Waals surface area contributed by atoms with Crippen molar-refractivity contribution in [1.29, 1.82) is 5.26 Å². The number of halogens is 2. The molecular formula is C7H5BrClN3S. The van der Waals surface area contributed by atoms with Crippen molar-refractivity contribution in [1.82, 2.24) is 4.37 Å². The second-order valence-corrected chi connectivity index (χ2v) is 4.41. The number of anilines is 1. The Kier molecular flexibility index (Phi) is 3.72.